The lowest BCUT2D eigenvalue weighted by Crippen LogP contribution is -2.30. The van der Waals surface area contributed by atoms with Crippen molar-refractivity contribution < 1.29 is 80.2 Å². The van der Waals surface area contributed by atoms with E-state index in [-0.39, 0.29) is 25.7 Å². The van der Waals surface area contributed by atoms with Crippen molar-refractivity contribution in [2.24, 2.45) is 23.7 Å². The molecule has 0 aliphatic heterocycles. The largest absolute Gasteiger partial charge is 0.472 e. The van der Waals surface area contributed by atoms with Gasteiger partial charge < -0.3 is 33.8 Å². The molecule has 19 heteroatoms. The van der Waals surface area contributed by atoms with Crippen LogP contribution in [0.25, 0.3) is 0 Å². The lowest BCUT2D eigenvalue weighted by molar-refractivity contribution is -0.161. The monoisotopic (exact) mass is 1480 g/mol. The highest BCUT2D eigenvalue weighted by Gasteiger charge is 2.30. The molecule has 0 radical (unpaired) electrons. The van der Waals surface area contributed by atoms with Crippen LogP contribution in [-0.2, 0) is 65.4 Å². The summed E-state index contributed by atoms with van der Waals surface area (Å²) in [6.07, 6.45) is 58.2. The third-order valence-corrected chi connectivity index (χ3v) is 21.0. The average molecular weight is 1480 g/mol. The number of ether oxygens (including phenoxy) is 4. The van der Waals surface area contributed by atoms with Crippen molar-refractivity contribution in [2.75, 3.05) is 39.6 Å². The van der Waals surface area contributed by atoms with E-state index >= 15 is 0 Å². The van der Waals surface area contributed by atoms with E-state index in [0.717, 1.165) is 114 Å². The van der Waals surface area contributed by atoms with Crippen molar-refractivity contribution >= 4 is 39.5 Å². The van der Waals surface area contributed by atoms with Crippen LogP contribution in [0.5, 0.6) is 0 Å². The lowest BCUT2D eigenvalue weighted by Gasteiger charge is -2.21. The summed E-state index contributed by atoms with van der Waals surface area (Å²) >= 11 is 0. The van der Waals surface area contributed by atoms with Gasteiger partial charge in [-0.25, -0.2) is 9.13 Å². The quantitative estimate of drug-likeness (QED) is 0.0222. The van der Waals surface area contributed by atoms with Crippen LogP contribution in [0, 0.1) is 23.7 Å². The van der Waals surface area contributed by atoms with Crippen molar-refractivity contribution in [1.29, 1.82) is 0 Å². The molecule has 101 heavy (non-hydrogen) atoms. The minimum absolute atomic E-state index is 0.106. The maximum Gasteiger partial charge on any atom is 0.472 e. The second-order valence-corrected chi connectivity index (χ2v) is 34.3. The number of unbranched alkanes of at least 4 members (excludes halogenated alkanes) is 45. The van der Waals surface area contributed by atoms with E-state index in [1.165, 1.54) is 225 Å². The fourth-order valence-corrected chi connectivity index (χ4v) is 14.2. The SMILES string of the molecule is CC(C)CCCCCCCCCCCCCCCCCC(=O)O[C@H](COC(=O)CCCCCCCCCCCCCCCC(C)C)COP(=O)(O)OC[C@@H](O)COP(=O)(O)OC[C@@H](COC(=O)CCCCCCCCCCCC(C)C)OC(=O)CCCCCCCCCCCCCCC(C)C. The Balaban J connectivity index is 5.27. The Morgan fingerprint density at radius 2 is 0.416 bits per heavy atom. The zero-order chi connectivity index (χ0) is 74.6. The number of aliphatic hydroxyl groups excluding tert-OH is 1. The predicted molar refractivity (Wildman–Crippen MR) is 414 cm³/mol. The summed E-state index contributed by atoms with van der Waals surface area (Å²) in [5.41, 5.74) is 0. The van der Waals surface area contributed by atoms with Gasteiger partial charge >= 0.3 is 39.5 Å². The first kappa shape index (κ1) is 99.1. The molecule has 0 saturated carbocycles. The molecule has 2 unspecified atom stereocenters. The van der Waals surface area contributed by atoms with E-state index in [4.69, 9.17) is 37.0 Å². The van der Waals surface area contributed by atoms with E-state index in [9.17, 15) is 43.2 Å². The van der Waals surface area contributed by atoms with Gasteiger partial charge in [0.2, 0.25) is 0 Å². The van der Waals surface area contributed by atoms with Crippen LogP contribution in [0.1, 0.15) is 421 Å². The lowest BCUT2D eigenvalue weighted by atomic mass is 10.0. The highest BCUT2D eigenvalue weighted by Crippen LogP contribution is 2.45. The molecule has 0 aliphatic rings. The highest BCUT2D eigenvalue weighted by atomic mass is 31.2. The van der Waals surface area contributed by atoms with E-state index in [1.54, 1.807) is 0 Å². The minimum Gasteiger partial charge on any atom is -0.462 e. The van der Waals surface area contributed by atoms with Gasteiger partial charge in [0.05, 0.1) is 26.4 Å². The Kier molecular flexibility index (Phi) is 69.6. The van der Waals surface area contributed by atoms with Gasteiger partial charge in [0.1, 0.15) is 19.3 Å². The molecule has 0 aromatic rings. The molecule has 17 nitrogen and oxygen atoms in total. The Morgan fingerprint density at radius 3 is 0.614 bits per heavy atom. The molecule has 3 N–H and O–H groups in total. The first-order valence-electron chi connectivity index (χ1n) is 42.2. The average Bonchev–Trinajstić information content (AvgIpc) is 0.939. The van der Waals surface area contributed by atoms with Crippen LogP contribution >= 0.6 is 15.6 Å². The normalized spacial score (nSPS) is 14.0. The minimum atomic E-state index is -4.96. The van der Waals surface area contributed by atoms with Gasteiger partial charge in [-0.15, -0.1) is 0 Å². The number of hydrogen-bond acceptors (Lipinski definition) is 15. The topological polar surface area (TPSA) is 237 Å². The van der Waals surface area contributed by atoms with Gasteiger partial charge in [0, 0.05) is 25.7 Å². The fourth-order valence-electron chi connectivity index (χ4n) is 12.6. The van der Waals surface area contributed by atoms with Crippen molar-refractivity contribution in [3.8, 4) is 0 Å². The number of carbonyl (C=O) groups excluding carboxylic acids is 4. The van der Waals surface area contributed by atoms with Gasteiger partial charge in [0.25, 0.3) is 0 Å². The summed E-state index contributed by atoms with van der Waals surface area (Å²) in [7, 11) is -9.93. The number of carbonyl (C=O) groups is 4. The zero-order valence-electron chi connectivity index (χ0n) is 66.5. The first-order chi connectivity index (χ1) is 48.6. The molecule has 0 spiro atoms. The van der Waals surface area contributed by atoms with Crippen molar-refractivity contribution in [3.05, 3.63) is 0 Å². The third-order valence-electron chi connectivity index (χ3n) is 19.1. The van der Waals surface area contributed by atoms with E-state index < -0.39 is 97.5 Å². The second kappa shape index (κ2) is 71.0. The van der Waals surface area contributed by atoms with Gasteiger partial charge in [-0.3, -0.25) is 37.3 Å². The summed E-state index contributed by atoms with van der Waals surface area (Å²) in [5.74, 6) is 1.00. The second-order valence-electron chi connectivity index (χ2n) is 31.4. The molecule has 0 fully saturated rings. The maximum absolute atomic E-state index is 13.1. The smallest absolute Gasteiger partial charge is 0.462 e. The first-order valence-corrected chi connectivity index (χ1v) is 45.2. The molecule has 0 rings (SSSR count). The number of rotatable bonds is 79. The highest BCUT2D eigenvalue weighted by molar-refractivity contribution is 7.47. The summed E-state index contributed by atoms with van der Waals surface area (Å²) in [4.78, 5) is 73.1. The van der Waals surface area contributed by atoms with E-state index in [0.29, 0.717) is 25.7 Å². The van der Waals surface area contributed by atoms with Gasteiger partial charge in [-0.2, -0.15) is 0 Å². The van der Waals surface area contributed by atoms with Gasteiger partial charge in [0.15, 0.2) is 12.2 Å². The number of esters is 4. The summed E-state index contributed by atoms with van der Waals surface area (Å²) in [5, 5.41) is 10.7. The molecule has 0 amide bonds. The molecule has 600 valence electrons. The van der Waals surface area contributed by atoms with Gasteiger partial charge in [-0.05, 0) is 49.4 Å². The Hall–Kier alpha value is -1.94. The van der Waals surface area contributed by atoms with Crippen LogP contribution in [0.3, 0.4) is 0 Å². The van der Waals surface area contributed by atoms with Crippen molar-refractivity contribution in [1.82, 2.24) is 0 Å². The molecular formula is C82H160O17P2. The van der Waals surface area contributed by atoms with Crippen LogP contribution in [-0.4, -0.2) is 96.7 Å². The third kappa shape index (κ3) is 76.1. The van der Waals surface area contributed by atoms with E-state index in [1.807, 2.05) is 0 Å². The molecule has 0 aromatic carbocycles. The van der Waals surface area contributed by atoms with E-state index in [2.05, 4.69) is 55.4 Å². The zero-order valence-corrected chi connectivity index (χ0v) is 68.3. The number of aliphatic hydroxyl groups is 1. The van der Waals surface area contributed by atoms with Crippen molar-refractivity contribution in [3.63, 3.8) is 0 Å². The Labute approximate surface area is 619 Å². The molecule has 0 aromatic heterocycles. The summed E-state index contributed by atoms with van der Waals surface area (Å²) in [6.45, 7) is 14.3. The Morgan fingerprint density at radius 1 is 0.248 bits per heavy atom. The summed E-state index contributed by atoms with van der Waals surface area (Å²) < 4.78 is 68.8. The van der Waals surface area contributed by atoms with Crippen molar-refractivity contribution in [2.45, 2.75) is 440 Å². The molecule has 0 bridgehead atoms. The van der Waals surface area contributed by atoms with Gasteiger partial charge in [-0.1, -0.05) is 370 Å². The maximum atomic E-state index is 13.1. The van der Waals surface area contributed by atoms with Crippen LogP contribution in [0.15, 0.2) is 0 Å². The van der Waals surface area contributed by atoms with Crippen LogP contribution in [0.4, 0.5) is 0 Å². The number of phosphoric acid groups is 2. The standard InChI is InChI=1S/C82H160O17P2/c1-72(2)58-50-42-34-26-19-13-10-9-11-15-23-31-40-48-56-64-81(86)98-77(68-92-79(84)62-54-46-38-30-22-16-12-14-20-27-35-43-51-59-73(3)4)70-96-100(88,89)94-66-76(83)67-95-101(90,91)97-71-78(69-93-80(85)63-55-47-39-33-25-29-37-45-53-61-75(7)8)99-82(87)65-57-49-41-32-24-18-17-21-28-36-44-52-60-74(5)6/h72-78,83H,9-71H2,1-8H3,(H,88,89)(H,90,91)/t76-,77-,78-/m1/s1. The molecular weight excluding hydrogens is 1320 g/mol. The predicted octanol–water partition coefficient (Wildman–Crippen LogP) is 24.4. The molecule has 5 atom stereocenters. The summed E-state index contributed by atoms with van der Waals surface area (Å²) in [6, 6.07) is 0. The van der Waals surface area contributed by atoms with Crippen LogP contribution < -0.4 is 0 Å². The molecule has 0 aliphatic carbocycles. The number of hydrogen-bond donors (Lipinski definition) is 3. The molecule has 0 heterocycles. The molecule has 0 saturated heterocycles. The van der Waals surface area contributed by atoms with Crippen LogP contribution in [0.2, 0.25) is 0 Å². The Bertz CT molecular complexity index is 1970. The number of phosphoric ester groups is 2. The fraction of sp³-hybridized carbons (Fsp3) is 0.951.